The molecule has 2 aromatic carbocycles. The van der Waals surface area contributed by atoms with E-state index >= 15 is 0 Å². The Labute approximate surface area is 170 Å². The van der Waals surface area contributed by atoms with Gasteiger partial charge in [-0.25, -0.2) is 0 Å². The van der Waals surface area contributed by atoms with Gasteiger partial charge in [0, 0.05) is 30.2 Å². The zero-order valence-electron chi connectivity index (χ0n) is 16.2. The lowest BCUT2D eigenvalue weighted by molar-refractivity contribution is -0.134. The first-order valence-corrected chi connectivity index (χ1v) is 9.84. The van der Waals surface area contributed by atoms with Crippen molar-refractivity contribution in [2.24, 2.45) is 0 Å². The SMILES string of the molecule is CC(C)(Oc1ccc(Cl)cc1)C(=O)NCc1ccc(C(=O)N2CCCC2)cc1. The fourth-order valence-corrected chi connectivity index (χ4v) is 3.23. The highest BCUT2D eigenvalue weighted by atomic mass is 35.5. The van der Waals surface area contributed by atoms with Gasteiger partial charge < -0.3 is 15.0 Å². The van der Waals surface area contributed by atoms with Crippen LogP contribution in [-0.2, 0) is 11.3 Å². The number of halogens is 1. The van der Waals surface area contributed by atoms with Crippen LogP contribution in [0, 0.1) is 0 Å². The van der Waals surface area contributed by atoms with Crippen LogP contribution in [0.4, 0.5) is 0 Å². The maximum atomic E-state index is 12.5. The highest BCUT2D eigenvalue weighted by Crippen LogP contribution is 2.21. The zero-order chi connectivity index (χ0) is 20.1. The molecule has 148 valence electrons. The Hall–Kier alpha value is -2.53. The molecule has 1 heterocycles. The third-order valence-corrected chi connectivity index (χ3v) is 5.03. The van der Waals surface area contributed by atoms with E-state index in [2.05, 4.69) is 5.32 Å². The van der Waals surface area contributed by atoms with E-state index in [9.17, 15) is 9.59 Å². The van der Waals surface area contributed by atoms with Crippen molar-refractivity contribution in [3.8, 4) is 5.75 Å². The summed E-state index contributed by atoms with van der Waals surface area (Å²) in [6.45, 7) is 5.46. The van der Waals surface area contributed by atoms with Crippen LogP contribution in [0.3, 0.4) is 0 Å². The van der Waals surface area contributed by atoms with Gasteiger partial charge >= 0.3 is 0 Å². The van der Waals surface area contributed by atoms with E-state index in [1.54, 1.807) is 38.1 Å². The minimum Gasteiger partial charge on any atom is -0.478 e. The number of rotatable bonds is 6. The lowest BCUT2D eigenvalue weighted by Crippen LogP contribution is -2.46. The van der Waals surface area contributed by atoms with Crippen molar-refractivity contribution in [1.29, 1.82) is 0 Å². The maximum Gasteiger partial charge on any atom is 0.263 e. The number of carbonyl (C=O) groups is 2. The first-order valence-electron chi connectivity index (χ1n) is 9.46. The van der Waals surface area contributed by atoms with Crippen molar-refractivity contribution in [3.05, 3.63) is 64.7 Å². The third-order valence-electron chi connectivity index (χ3n) is 4.78. The average Bonchev–Trinajstić information content (AvgIpc) is 3.22. The Morgan fingerprint density at radius 2 is 1.64 bits per heavy atom. The first kappa shape index (κ1) is 20.2. The number of likely N-dealkylation sites (tertiary alicyclic amines) is 1. The first-order chi connectivity index (χ1) is 13.3. The molecule has 0 spiro atoms. The molecule has 1 fully saturated rings. The van der Waals surface area contributed by atoms with Crippen LogP contribution in [-0.4, -0.2) is 35.4 Å². The average molecular weight is 401 g/mol. The molecule has 0 bridgehead atoms. The predicted molar refractivity (Wildman–Crippen MR) is 110 cm³/mol. The summed E-state index contributed by atoms with van der Waals surface area (Å²) in [6.07, 6.45) is 2.15. The summed E-state index contributed by atoms with van der Waals surface area (Å²) in [5.74, 6) is 0.430. The minimum absolute atomic E-state index is 0.0746. The molecule has 1 aliphatic rings. The molecule has 0 aromatic heterocycles. The van der Waals surface area contributed by atoms with Gasteiger partial charge in [-0.15, -0.1) is 0 Å². The lowest BCUT2D eigenvalue weighted by atomic mass is 10.1. The largest absolute Gasteiger partial charge is 0.478 e. The molecule has 1 N–H and O–H groups in total. The second-order valence-electron chi connectivity index (χ2n) is 7.45. The molecule has 0 saturated carbocycles. The molecule has 1 saturated heterocycles. The molecule has 3 rings (SSSR count). The molecule has 2 amide bonds. The summed E-state index contributed by atoms with van der Waals surface area (Å²) in [7, 11) is 0. The molecule has 0 radical (unpaired) electrons. The van der Waals surface area contributed by atoms with Crippen LogP contribution < -0.4 is 10.1 Å². The van der Waals surface area contributed by atoms with Crippen LogP contribution in [0.25, 0.3) is 0 Å². The fourth-order valence-electron chi connectivity index (χ4n) is 3.11. The summed E-state index contributed by atoms with van der Waals surface area (Å²) in [5, 5.41) is 3.50. The van der Waals surface area contributed by atoms with Gasteiger partial charge in [0.05, 0.1) is 0 Å². The topological polar surface area (TPSA) is 58.6 Å². The Morgan fingerprint density at radius 1 is 1.04 bits per heavy atom. The number of hydrogen-bond acceptors (Lipinski definition) is 3. The molecule has 0 unspecified atom stereocenters. The predicted octanol–water partition coefficient (Wildman–Crippen LogP) is 4.05. The van der Waals surface area contributed by atoms with Crippen LogP contribution >= 0.6 is 11.6 Å². The van der Waals surface area contributed by atoms with Crippen molar-refractivity contribution >= 4 is 23.4 Å². The van der Waals surface area contributed by atoms with Gasteiger partial charge in [-0.2, -0.15) is 0 Å². The summed E-state index contributed by atoms with van der Waals surface area (Å²) in [6, 6.07) is 14.3. The van der Waals surface area contributed by atoms with Gasteiger partial charge in [-0.05, 0) is 68.7 Å². The standard InChI is InChI=1S/C22H25ClN2O3/c1-22(2,28-19-11-9-18(23)10-12-19)21(27)24-15-16-5-7-17(8-6-16)20(26)25-13-3-4-14-25/h5-12H,3-4,13-15H2,1-2H3,(H,24,27). The minimum atomic E-state index is -1.03. The number of nitrogens with zero attached hydrogens (tertiary/aromatic N) is 1. The van der Waals surface area contributed by atoms with Crippen LogP contribution in [0.5, 0.6) is 5.75 Å². The molecule has 5 nitrogen and oxygen atoms in total. The number of ether oxygens (including phenoxy) is 1. The van der Waals surface area contributed by atoms with Crippen molar-refractivity contribution in [2.75, 3.05) is 13.1 Å². The molecule has 28 heavy (non-hydrogen) atoms. The quantitative estimate of drug-likeness (QED) is 0.795. The molecular weight excluding hydrogens is 376 g/mol. The number of hydrogen-bond donors (Lipinski definition) is 1. The highest BCUT2D eigenvalue weighted by molar-refractivity contribution is 6.30. The Morgan fingerprint density at radius 3 is 2.25 bits per heavy atom. The van der Waals surface area contributed by atoms with Crippen molar-refractivity contribution < 1.29 is 14.3 Å². The van der Waals surface area contributed by atoms with E-state index < -0.39 is 5.60 Å². The molecule has 2 aromatic rings. The molecule has 0 aliphatic carbocycles. The van der Waals surface area contributed by atoms with Gasteiger partial charge in [0.25, 0.3) is 11.8 Å². The van der Waals surface area contributed by atoms with Crippen LogP contribution in [0.1, 0.15) is 42.6 Å². The van der Waals surface area contributed by atoms with Crippen molar-refractivity contribution in [3.63, 3.8) is 0 Å². The van der Waals surface area contributed by atoms with Gasteiger partial charge in [0.15, 0.2) is 5.60 Å². The summed E-state index contributed by atoms with van der Waals surface area (Å²) in [5.41, 5.74) is 0.580. The van der Waals surface area contributed by atoms with E-state index in [1.807, 2.05) is 29.2 Å². The van der Waals surface area contributed by atoms with E-state index in [0.717, 1.165) is 31.5 Å². The van der Waals surface area contributed by atoms with E-state index in [1.165, 1.54) is 0 Å². The smallest absolute Gasteiger partial charge is 0.263 e. The monoisotopic (exact) mass is 400 g/mol. The van der Waals surface area contributed by atoms with Gasteiger partial charge in [-0.3, -0.25) is 9.59 Å². The highest BCUT2D eigenvalue weighted by Gasteiger charge is 2.29. The summed E-state index contributed by atoms with van der Waals surface area (Å²) >= 11 is 5.87. The van der Waals surface area contributed by atoms with Crippen molar-refractivity contribution in [1.82, 2.24) is 10.2 Å². The van der Waals surface area contributed by atoms with E-state index in [-0.39, 0.29) is 11.8 Å². The van der Waals surface area contributed by atoms with Gasteiger partial charge in [0.1, 0.15) is 5.75 Å². The maximum absolute atomic E-state index is 12.5. The van der Waals surface area contributed by atoms with Gasteiger partial charge in [0.2, 0.25) is 0 Å². The van der Waals surface area contributed by atoms with E-state index in [4.69, 9.17) is 16.3 Å². The number of amides is 2. The Balaban J connectivity index is 1.54. The summed E-state index contributed by atoms with van der Waals surface area (Å²) in [4.78, 5) is 26.8. The number of nitrogens with one attached hydrogen (secondary N) is 1. The third kappa shape index (κ3) is 5.04. The molecular formula is C22H25ClN2O3. The lowest BCUT2D eigenvalue weighted by Gasteiger charge is -2.25. The Bertz CT molecular complexity index is 826. The number of benzene rings is 2. The molecule has 6 heteroatoms. The van der Waals surface area contributed by atoms with Gasteiger partial charge in [-0.1, -0.05) is 23.7 Å². The second-order valence-corrected chi connectivity index (χ2v) is 7.88. The zero-order valence-corrected chi connectivity index (χ0v) is 17.0. The van der Waals surface area contributed by atoms with Crippen LogP contribution in [0.15, 0.2) is 48.5 Å². The molecule has 1 aliphatic heterocycles. The van der Waals surface area contributed by atoms with Crippen molar-refractivity contribution in [2.45, 2.75) is 38.8 Å². The number of carbonyl (C=O) groups excluding carboxylic acids is 2. The second kappa shape index (κ2) is 8.65. The summed E-state index contributed by atoms with van der Waals surface area (Å²) < 4.78 is 5.79. The fraction of sp³-hybridized carbons (Fsp3) is 0.364. The Kier molecular flexibility index (Phi) is 6.25. The van der Waals surface area contributed by atoms with E-state index in [0.29, 0.717) is 22.9 Å². The molecule has 0 atom stereocenters. The normalized spacial score (nSPS) is 14.0. The van der Waals surface area contributed by atoms with Crippen LogP contribution in [0.2, 0.25) is 5.02 Å².